The standard InChI is InChI=1S/C56H42I2N7O2PS/c57-68(58)69-67-49-33-19-20-41(36-49)39-64-40-42(38-59-64)50(34-35-66)51-37-52(61-55(43-21-7-1-8-22-43,44-23-9-2-10-24-44)45-25-11-3-12-26-45)60-54-53(51)62-63-65(54)56(46-27-13-4-14-28-46,47-29-15-5-16-30-47)48-31-17-6-18-32-48/h1-38,40H,39H2,(H,60,61)/b50-34+. The molecule has 0 bridgehead atoms. The monoisotopic (exact) mass is 1160 g/mol. The molecule has 7 aromatic carbocycles. The molecule has 0 atom stereocenters. The largest absolute Gasteiger partial charge is 0.420 e. The molecule has 9 nitrogen and oxygen atoms in total. The number of carbonyl (C=O) groups is 1. The molecule has 3 aromatic heterocycles. The van der Waals surface area contributed by atoms with Crippen molar-refractivity contribution in [3.63, 3.8) is 0 Å². The van der Waals surface area contributed by atoms with Crippen LogP contribution in [0.3, 0.4) is 0 Å². The first-order chi connectivity index (χ1) is 34.0. The fourth-order valence-corrected chi connectivity index (χ4v) is 11.3. The highest BCUT2D eigenvalue weighted by molar-refractivity contribution is 14.3. The number of hydrogen-bond donors (Lipinski definition) is 1. The van der Waals surface area contributed by atoms with Crippen LogP contribution in [0.15, 0.2) is 231 Å². The molecule has 338 valence electrons. The topological polar surface area (TPSA) is 99.8 Å². The Hall–Kier alpha value is -6.45. The lowest BCUT2D eigenvalue weighted by Gasteiger charge is -2.38. The van der Waals surface area contributed by atoms with Crippen LogP contribution in [-0.4, -0.2) is 36.0 Å². The second-order valence-corrected chi connectivity index (χ2v) is 33.7. The number of allylic oxidation sites excluding steroid dienone is 1. The minimum atomic E-state index is -1.05. The number of aldehydes is 1. The van der Waals surface area contributed by atoms with Crippen LogP contribution in [0.2, 0.25) is 0 Å². The molecule has 1 N–H and O–H groups in total. The molecule has 0 saturated heterocycles. The van der Waals surface area contributed by atoms with Gasteiger partial charge in [-0.2, -0.15) is 5.10 Å². The van der Waals surface area contributed by atoms with Gasteiger partial charge in [0.1, 0.15) is 48.5 Å². The summed E-state index contributed by atoms with van der Waals surface area (Å²) in [6.45, 7) is 0.482. The van der Waals surface area contributed by atoms with Crippen molar-refractivity contribution in [3.05, 3.63) is 281 Å². The summed E-state index contributed by atoms with van der Waals surface area (Å²) in [7, 11) is 0. The molecule has 0 aliphatic carbocycles. The van der Waals surface area contributed by atoms with Crippen molar-refractivity contribution < 1.29 is 8.98 Å². The molecule has 0 unspecified atom stereocenters. The highest BCUT2D eigenvalue weighted by Gasteiger charge is 2.43. The number of benzene rings is 7. The Morgan fingerprint density at radius 3 is 1.65 bits per heavy atom. The van der Waals surface area contributed by atoms with Crippen molar-refractivity contribution in [2.75, 3.05) is 5.32 Å². The third-order valence-electron chi connectivity index (χ3n) is 12.1. The van der Waals surface area contributed by atoms with Crippen molar-refractivity contribution in [2.24, 2.45) is 0 Å². The van der Waals surface area contributed by atoms with Crippen molar-refractivity contribution in [1.29, 1.82) is 0 Å². The van der Waals surface area contributed by atoms with E-state index in [2.05, 4.69) is 165 Å². The second-order valence-electron chi connectivity index (χ2n) is 16.2. The van der Waals surface area contributed by atoms with Gasteiger partial charge in [0.2, 0.25) is 0 Å². The first-order valence-corrected chi connectivity index (χ1v) is 30.4. The SMILES string of the molecule is O=C/C=C(\c1cnn(Cc2cccc(OSP(I)I)c2)c1)c1cc(NC(c2ccccc2)(c2ccccc2)c2ccccc2)nc2c1nnn2C(c1ccccc1)(c1ccccc1)c1ccccc1. The van der Waals surface area contributed by atoms with Crippen LogP contribution >= 0.6 is 58.2 Å². The lowest BCUT2D eigenvalue weighted by molar-refractivity contribution is -0.104. The highest BCUT2D eigenvalue weighted by Crippen LogP contribution is 2.64. The van der Waals surface area contributed by atoms with Gasteiger partial charge in [0.15, 0.2) is 5.65 Å². The van der Waals surface area contributed by atoms with E-state index in [9.17, 15) is 4.79 Å². The van der Waals surface area contributed by atoms with Gasteiger partial charge in [-0.1, -0.05) is 199 Å². The lowest BCUT2D eigenvalue weighted by atomic mass is 9.77. The third-order valence-corrected chi connectivity index (χ3v) is 16.0. The predicted molar refractivity (Wildman–Crippen MR) is 297 cm³/mol. The zero-order chi connectivity index (χ0) is 47.0. The molecule has 0 aliphatic heterocycles. The van der Waals surface area contributed by atoms with Crippen molar-refractivity contribution in [2.45, 2.75) is 17.6 Å². The predicted octanol–water partition coefficient (Wildman–Crippen LogP) is 14.1. The maximum Gasteiger partial charge on any atom is 0.182 e. The number of fused-ring (bicyclic) bond motifs is 1. The molecule has 0 spiro atoms. The van der Waals surface area contributed by atoms with E-state index in [1.54, 1.807) is 12.3 Å². The Bertz CT molecular complexity index is 3150. The first kappa shape index (κ1) is 46.3. The molecule has 10 rings (SSSR count). The fraction of sp³-hybridized carbons (Fsp3) is 0.0536. The zero-order valence-electron chi connectivity index (χ0n) is 36.8. The van der Waals surface area contributed by atoms with E-state index in [4.69, 9.17) is 24.6 Å². The van der Waals surface area contributed by atoms with Gasteiger partial charge in [-0.05, 0) is 113 Å². The summed E-state index contributed by atoms with van der Waals surface area (Å²) in [6.07, 6.45) is 6.14. The average Bonchev–Trinajstić information content (AvgIpc) is 4.06. The number of pyridine rings is 1. The summed E-state index contributed by atoms with van der Waals surface area (Å²) in [5, 5.41) is 19.0. The van der Waals surface area contributed by atoms with Crippen molar-refractivity contribution >= 4 is 87.0 Å². The summed E-state index contributed by atoms with van der Waals surface area (Å²) < 4.78 is 9.45. The van der Waals surface area contributed by atoms with Gasteiger partial charge in [-0.3, -0.25) is 9.48 Å². The summed E-state index contributed by atoms with van der Waals surface area (Å²) >= 11 is 6.22. The molecule has 0 radical (unpaired) electrons. The van der Waals surface area contributed by atoms with Gasteiger partial charge in [0.25, 0.3) is 0 Å². The highest BCUT2D eigenvalue weighted by atomic mass is 127. The van der Waals surface area contributed by atoms with Crippen LogP contribution in [0.1, 0.15) is 50.1 Å². The average molecular weight is 1160 g/mol. The maximum atomic E-state index is 12.9. The number of rotatable bonds is 17. The van der Waals surface area contributed by atoms with Gasteiger partial charge in [0.05, 0.1) is 12.7 Å². The molecule has 3 heterocycles. The van der Waals surface area contributed by atoms with Gasteiger partial charge in [-0.15, -0.1) is 5.10 Å². The second kappa shape index (κ2) is 21.0. The van der Waals surface area contributed by atoms with Crippen LogP contribution in [0.25, 0.3) is 16.7 Å². The number of anilines is 1. The van der Waals surface area contributed by atoms with Crippen LogP contribution < -0.4 is 9.50 Å². The molecule has 69 heavy (non-hydrogen) atoms. The molecule has 0 saturated carbocycles. The van der Waals surface area contributed by atoms with E-state index in [1.165, 1.54) is 11.7 Å². The maximum absolute atomic E-state index is 12.9. The number of aromatic nitrogens is 6. The number of halogens is 2. The van der Waals surface area contributed by atoms with Crippen LogP contribution in [0, 0.1) is 0 Å². The van der Waals surface area contributed by atoms with Crippen LogP contribution in [0.4, 0.5) is 5.82 Å². The van der Waals surface area contributed by atoms with Gasteiger partial charge in [-0.25, -0.2) is 9.67 Å². The minimum Gasteiger partial charge on any atom is -0.420 e. The van der Waals surface area contributed by atoms with E-state index in [1.807, 2.05) is 113 Å². The summed E-state index contributed by atoms with van der Waals surface area (Å²) in [4.78, 5) is 18.5. The first-order valence-electron chi connectivity index (χ1n) is 22.1. The normalized spacial score (nSPS) is 12.0. The smallest absolute Gasteiger partial charge is 0.182 e. The molecular formula is C56H42I2N7O2PS. The van der Waals surface area contributed by atoms with E-state index in [0.717, 1.165) is 56.5 Å². The number of nitrogens with one attached hydrogen (secondary N) is 1. The summed E-state index contributed by atoms with van der Waals surface area (Å²) in [5.41, 5.74) is 7.91. The van der Waals surface area contributed by atoms with E-state index in [-0.39, 0.29) is 2.41 Å². The number of carbonyl (C=O) groups excluding carboxylic acids is 1. The van der Waals surface area contributed by atoms with Crippen LogP contribution in [0.5, 0.6) is 5.75 Å². The fourth-order valence-electron chi connectivity index (χ4n) is 9.23. The van der Waals surface area contributed by atoms with Crippen LogP contribution in [-0.2, 0) is 22.4 Å². The number of hydrogen-bond acceptors (Lipinski definition) is 8. The number of nitrogens with zero attached hydrogens (tertiary/aromatic N) is 6. The quantitative estimate of drug-likeness (QED) is 0.0240. The Kier molecular flexibility index (Phi) is 14.1. The zero-order valence-corrected chi connectivity index (χ0v) is 42.9. The van der Waals surface area contributed by atoms with Crippen molar-refractivity contribution in [3.8, 4) is 5.75 Å². The molecule has 0 aliphatic rings. The van der Waals surface area contributed by atoms with E-state index >= 15 is 0 Å². The summed E-state index contributed by atoms with van der Waals surface area (Å²) in [6, 6.07) is 72.4. The summed E-state index contributed by atoms with van der Waals surface area (Å²) in [5.74, 6) is 1.31. The van der Waals surface area contributed by atoms with Crippen molar-refractivity contribution in [1.82, 2.24) is 29.8 Å². The lowest BCUT2D eigenvalue weighted by Crippen LogP contribution is -2.39. The molecule has 10 aromatic rings. The van der Waals surface area contributed by atoms with Gasteiger partial charge < -0.3 is 9.50 Å². The van der Waals surface area contributed by atoms with Gasteiger partial charge in [0, 0.05) is 17.3 Å². The van der Waals surface area contributed by atoms with Gasteiger partial charge >= 0.3 is 0 Å². The molecular weight excluding hydrogens is 1120 g/mol. The van der Waals surface area contributed by atoms with E-state index in [0.29, 0.717) is 34.7 Å². The Morgan fingerprint density at radius 2 is 1.16 bits per heavy atom. The Morgan fingerprint density at radius 1 is 0.652 bits per heavy atom. The molecule has 13 heteroatoms. The minimum absolute atomic E-state index is 0.350. The Balaban J connectivity index is 1.23. The molecule has 0 amide bonds. The third kappa shape index (κ3) is 9.38. The van der Waals surface area contributed by atoms with E-state index < -0.39 is 11.1 Å². The Labute approximate surface area is 431 Å². The molecule has 0 fully saturated rings.